The molecule has 1 aromatic rings. The van der Waals surface area contributed by atoms with Crippen molar-refractivity contribution in [1.82, 2.24) is 5.32 Å². The molecule has 1 aromatic carbocycles. The molecule has 2 unspecified atom stereocenters. The quantitative estimate of drug-likeness (QED) is 0.750. The van der Waals surface area contributed by atoms with Gasteiger partial charge >= 0.3 is 0 Å². The zero-order chi connectivity index (χ0) is 11.5. The van der Waals surface area contributed by atoms with Crippen LogP contribution in [0, 0.1) is 11.8 Å². The number of aldehydes is 1. The van der Waals surface area contributed by atoms with E-state index in [0.717, 1.165) is 6.29 Å². The van der Waals surface area contributed by atoms with Crippen LogP contribution in [0.15, 0.2) is 24.3 Å². The van der Waals surface area contributed by atoms with E-state index in [-0.39, 0.29) is 17.7 Å². The van der Waals surface area contributed by atoms with E-state index in [1.165, 1.54) is 11.1 Å². The summed E-state index contributed by atoms with van der Waals surface area (Å²) in [5.74, 6) is -0.432. The summed E-state index contributed by atoms with van der Waals surface area (Å²) < 4.78 is 0. The van der Waals surface area contributed by atoms with E-state index in [1.807, 2.05) is 24.3 Å². The maximum Gasteiger partial charge on any atom is 0.223 e. The van der Waals surface area contributed by atoms with Crippen LogP contribution >= 0.6 is 0 Å². The lowest BCUT2D eigenvalue weighted by Gasteiger charge is -2.28. The summed E-state index contributed by atoms with van der Waals surface area (Å²) >= 11 is 0. The third kappa shape index (κ3) is 1.85. The van der Waals surface area contributed by atoms with Gasteiger partial charge in [-0.2, -0.15) is 0 Å². The maximum absolute atomic E-state index is 11.7. The van der Waals surface area contributed by atoms with Crippen LogP contribution in [0.5, 0.6) is 0 Å². The molecule has 1 aliphatic carbocycles. The third-order valence-electron chi connectivity index (χ3n) is 3.29. The molecule has 2 rings (SSSR count). The molecule has 16 heavy (non-hydrogen) atoms. The van der Waals surface area contributed by atoms with Crippen LogP contribution in [0.25, 0.3) is 0 Å². The topological polar surface area (TPSA) is 46.2 Å². The van der Waals surface area contributed by atoms with Crippen molar-refractivity contribution in [2.24, 2.45) is 11.8 Å². The van der Waals surface area contributed by atoms with Gasteiger partial charge in [0, 0.05) is 13.0 Å². The predicted octanol–water partition coefficient (Wildman–Crippen LogP) is 0.962. The molecule has 1 aliphatic rings. The lowest BCUT2D eigenvalue weighted by atomic mass is 9.76. The molecule has 3 nitrogen and oxygen atoms in total. The van der Waals surface area contributed by atoms with Gasteiger partial charge in [0.2, 0.25) is 5.91 Å². The van der Waals surface area contributed by atoms with Crippen molar-refractivity contribution < 1.29 is 9.59 Å². The Balaban J connectivity index is 2.30. The fourth-order valence-electron chi connectivity index (χ4n) is 2.36. The van der Waals surface area contributed by atoms with Gasteiger partial charge in [0.25, 0.3) is 0 Å². The Hall–Kier alpha value is -1.64. The fraction of sp³-hybridized carbons (Fsp3) is 0.385. The number of amides is 1. The first-order valence-corrected chi connectivity index (χ1v) is 5.50. The van der Waals surface area contributed by atoms with E-state index < -0.39 is 0 Å². The number of nitrogens with one attached hydrogen (secondary N) is 1. The Labute approximate surface area is 94.9 Å². The summed E-state index contributed by atoms with van der Waals surface area (Å²) in [7, 11) is 1.62. The number of carbonyl (C=O) groups is 2. The Bertz CT molecular complexity index is 414. The van der Waals surface area contributed by atoms with Crippen molar-refractivity contribution in [2.45, 2.75) is 12.8 Å². The molecule has 0 aliphatic heterocycles. The Kier molecular flexibility index (Phi) is 3.04. The van der Waals surface area contributed by atoms with Gasteiger partial charge in [-0.3, -0.25) is 4.79 Å². The molecule has 0 fully saturated rings. The van der Waals surface area contributed by atoms with Gasteiger partial charge in [-0.1, -0.05) is 24.3 Å². The van der Waals surface area contributed by atoms with Crippen LogP contribution in [0.4, 0.5) is 0 Å². The SMILES string of the molecule is CNC(=O)C1Cc2ccccc2CC1C=O. The van der Waals surface area contributed by atoms with E-state index in [4.69, 9.17) is 0 Å². The minimum atomic E-state index is -0.211. The van der Waals surface area contributed by atoms with Crippen LogP contribution in [0.2, 0.25) is 0 Å². The van der Waals surface area contributed by atoms with Gasteiger partial charge < -0.3 is 10.1 Å². The summed E-state index contributed by atoms with van der Waals surface area (Å²) in [6, 6.07) is 8.01. The van der Waals surface area contributed by atoms with Gasteiger partial charge in [-0.25, -0.2) is 0 Å². The molecule has 84 valence electrons. The molecule has 0 aromatic heterocycles. The highest BCUT2D eigenvalue weighted by Crippen LogP contribution is 2.29. The third-order valence-corrected chi connectivity index (χ3v) is 3.29. The fourth-order valence-corrected chi connectivity index (χ4v) is 2.36. The second-order valence-corrected chi connectivity index (χ2v) is 4.20. The van der Waals surface area contributed by atoms with E-state index >= 15 is 0 Å². The first kappa shape index (κ1) is 10.9. The van der Waals surface area contributed by atoms with Crippen LogP contribution < -0.4 is 5.32 Å². The van der Waals surface area contributed by atoms with Crippen molar-refractivity contribution in [2.75, 3.05) is 7.05 Å². The molecular formula is C13H15NO2. The number of rotatable bonds is 2. The molecule has 0 bridgehead atoms. The van der Waals surface area contributed by atoms with Crippen molar-refractivity contribution in [3.8, 4) is 0 Å². The molecule has 0 heterocycles. The van der Waals surface area contributed by atoms with E-state index in [9.17, 15) is 9.59 Å². The van der Waals surface area contributed by atoms with E-state index in [2.05, 4.69) is 5.32 Å². The highest BCUT2D eigenvalue weighted by Gasteiger charge is 2.32. The molecule has 3 heteroatoms. The first-order chi connectivity index (χ1) is 7.76. The monoisotopic (exact) mass is 217 g/mol. The van der Waals surface area contributed by atoms with Crippen molar-refractivity contribution in [3.63, 3.8) is 0 Å². The van der Waals surface area contributed by atoms with Crippen LogP contribution in [-0.4, -0.2) is 19.2 Å². The highest BCUT2D eigenvalue weighted by molar-refractivity contribution is 5.82. The molecule has 0 saturated carbocycles. The largest absolute Gasteiger partial charge is 0.359 e. The van der Waals surface area contributed by atoms with Gasteiger partial charge in [0.05, 0.1) is 5.92 Å². The first-order valence-electron chi connectivity index (χ1n) is 5.50. The smallest absolute Gasteiger partial charge is 0.223 e. The minimum absolute atomic E-state index is 0.0356. The highest BCUT2D eigenvalue weighted by atomic mass is 16.2. The number of hydrogen-bond acceptors (Lipinski definition) is 2. The molecule has 0 spiro atoms. The second kappa shape index (κ2) is 4.47. The van der Waals surface area contributed by atoms with Crippen molar-refractivity contribution >= 4 is 12.2 Å². The van der Waals surface area contributed by atoms with Gasteiger partial charge in [-0.15, -0.1) is 0 Å². The van der Waals surface area contributed by atoms with Crippen molar-refractivity contribution in [3.05, 3.63) is 35.4 Å². The van der Waals surface area contributed by atoms with E-state index in [0.29, 0.717) is 12.8 Å². The molecule has 0 saturated heterocycles. The normalized spacial score (nSPS) is 23.3. The average Bonchev–Trinajstić information content (AvgIpc) is 2.36. The van der Waals surface area contributed by atoms with Gasteiger partial charge in [0.15, 0.2) is 0 Å². The number of hydrogen-bond donors (Lipinski definition) is 1. The Morgan fingerprint density at radius 1 is 1.31 bits per heavy atom. The standard InChI is InChI=1S/C13H15NO2/c1-14-13(16)12-7-10-5-3-2-4-9(10)6-11(12)8-15/h2-5,8,11-12H,6-7H2,1H3,(H,14,16). The van der Waals surface area contributed by atoms with Gasteiger partial charge in [0.1, 0.15) is 6.29 Å². The molecule has 1 N–H and O–H groups in total. The second-order valence-electron chi connectivity index (χ2n) is 4.20. The molecule has 2 atom stereocenters. The van der Waals surface area contributed by atoms with Crippen LogP contribution in [0.1, 0.15) is 11.1 Å². The summed E-state index contributed by atoms with van der Waals surface area (Å²) in [5, 5.41) is 2.63. The lowest BCUT2D eigenvalue weighted by Crippen LogP contribution is -2.38. The number of carbonyl (C=O) groups excluding carboxylic acids is 2. The summed E-state index contributed by atoms with van der Waals surface area (Å²) in [6.45, 7) is 0. The molecular weight excluding hydrogens is 202 g/mol. The molecule has 0 radical (unpaired) electrons. The van der Waals surface area contributed by atoms with Gasteiger partial charge in [-0.05, 0) is 24.0 Å². The lowest BCUT2D eigenvalue weighted by molar-refractivity contribution is -0.129. The molecule has 1 amide bonds. The average molecular weight is 217 g/mol. The minimum Gasteiger partial charge on any atom is -0.359 e. The predicted molar refractivity (Wildman–Crippen MR) is 61.0 cm³/mol. The number of fused-ring (bicyclic) bond motifs is 1. The zero-order valence-electron chi connectivity index (χ0n) is 9.27. The number of benzene rings is 1. The summed E-state index contributed by atoms with van der Waals surface area (Å²) in [6.07, 6.45) is 2.26. The van der Waals surface area contributed by atoms with E-state index in [1.54, 1.807) is 7.05 Å². The summed E-state index contributed by atoms with van der Waals surface area (Å²) in [4.78, 5) is 22.7. The maximum atomic E-state index is 11.7. The Morgan fingerprint density at radius 2 is 1.94 bits per heavy atom. The summed E-state index contributed by atoms with van der Waals surface area (Å²) in [5.41, 5.74) is 2.38. The zero-order valence-corrected chi connectivity index (χ0v) is 9.27. The van der Waals surface area contributed by atoms with Crippen LogP contribution in [-0.2, 0) is 22.4 Å². The van der Waals surface area contributed by atoms with Crippen molar-refractivity contribution in [1.29, 1.82) is 0 Å². The Morgan fingerprint density at radius 3 is 2.50 bits per heavy atom. The van der Waals surface area contributed by atoms with Crippen LogP contribution in [0.3, 0.4) is 0 Å².